The second-order valence-corrected chi connectivity index (χ2v) is 5.28. The SMILES string of the molecule is CCCNCC(C)CCc1cncc(Br)c1. The second-order valence-electron chi connectivity index (χ2n) is 4.36. The fourth-order valence-corrected chi connectivity index (χ4v) is 2.05. The Labute approximate surface area is 107 Å². The highest BCUT2D eigenvalue weighted by Gasteiger charge is 2.02. The van der Waals surface area contributed by atoms with Gasteiger partial charge in [0.05, 0.1) is 0 Å². The van der Waals surface area contributed by atoms with Crippen LogP contribution >= 0.6 is 15.9 Å². The van der Waals surface area contributed by atoms with Gasteiger partial charge in [0.1, 0.15) is 0 Å². The van der Waals surface area contributed by atoms with E-state index in [2.05, 4.69) is 46.1 Å². The smallest absolute Gasteiger partial charge is 0.0410 e. The third-order valence-electron chi connectivity index (χ3n) is 2.61. The number of nitrogens with zero attached hydrogens (tertiary/aromatic N) is 1. The Balaban J connectivity index is 2.23. The van der Waals surface area contributed by atoms with Crippen LogP contribution in [0.5, 0.6) is 0 Å². The zero-order valence-electron chi connectivity index (χ0n) is 10.2. The molecule has 1 atom stereocenters. The summed E-state index contributed by atoms with van der Waals surface area (Å²) in [7, 11) is 0. The maximum atomic E-state index is 4.18. The highest BCUT2D eigenvalue weighted by molar-refractivity contribution is 9.10. The molecule has 0 aliphatic rings. The van der Waals surface area contributed by atoms with Gasteiger partial charge < -0.3 is 5.32 Å². The van der Waals surface area contributed by atoms with Crippen molar-refractivity contribution >= 4 is 15.9 Å². The summed E-state index contributed by atoms with van der Waals surface area (Å²) < 4.78 is 1.07. The van der Waals surface area contributed by atoms with E-state index in [9.17, 15) is 0 Å². The zero-order valence-corrected chi connectivity index (χ0v) is 11.8. The molecule has 0 aliphatic carbocycles. The third kappa shape index (κ3) is 5.61. The van der Waals surface area contributed by atoms with E-state index in [1.54, 1.807) is 0 Å². The number of hydrogen-bond donors (Lipinski definition) is 1. The van der Waals surface area contributed by atoms with E-state index in [4.69, 9.17) is 0 Å². The molecular formula is C13H21BrN2. The molecule has 1 heterocycles. The fraction of sp³-hybridized carbons (Fsp3) is 0.615. The fourth-order valence-electron chi connectivity index (χ4n) is 1.63. The van der Waals surface area contributed by atoms with Gasteiger partial charge in [0.15, 0.2) is 0 Å². The van der Waals surface area contributed by atoms with Crippen LogP contribution < -0.4 is 5.32 Å². The van der Waals surface area contributed by atoms with Crippen LogP contribution in [-0.4, -0.2) is 18.1 Å². The van der Waals surface area contributed by atoms with Crippen LogP contribution in [0.2, 0.25) is 0 Å². The maximum absolute atomic E-state index is 4.18. The van der Waals surface area contributed by atoms with E-state index in [0.29, 0.717) is 0 Å². The minimum Gasteiger partial charge on any atom is -0.316 e. The van der Waals surface area contributed by atoms with Crippen LogP contribution in [0.3, 0.4) is 0 Å². The quantitative estimate of drug-likeness (QED) is 0.777. The van der Waals surface area contributed by atoms with Gasteiger partial charge in [0.25, 0.3) is 0 Å². The van der Waals surface area contributed by atoms with E-state index in [1.807, 2.05) is 12.4 Å². The van der Waals surface area contributed by atoms with Gasteiger partial charge in [0, 0.05) is 16.9 Å². The number of hydrogen-bond acceptors (Lipinski definition) is 2. The highest BCUT2D eigenvalue weighted by Crippen LogP contribution is 2.13. The highest BCUT2D eigenvalue weighted by atomic mass is 79.9. The van der Waals surface area contributed by atoms with E-state index >= 15 is 0 Å². The standard InChI is InChI=1S/C13H21BrN2/c1-3-6-15-8-11(2)4-5-12-7-13(14)10-16-9-12/h7,9-11,15H,3-6,8H2,1-2H3. The minimum atomic E-state index is 0.727. The molecule has 0 aliphatic heterocycles. The predicted octanol–water partition coefficient (Wildman–Crippen LogP) is 3.41. The third-order valence-corrected chi connectivity index (χ3v) is 3.04. The lowest BCUT2D eigenvalue weighted by atomic mass is 10.0. The van der Waals surface area contributed by atoms with Crippen molar-refractivity contribution in [3.63, 3.8) is 0 Å². The Hall–Kier alpha value is -0.410. The number of nitrogens with one attached hydrogen (secondary N) is 1. The van der Waals surface area contributed by atoms with Crippen molar-refractivity contribution in [3.05, 3.63) is 28.5 Å². The maximum Gasteiger partial charge on any atom is 0.0410 e. The molecule has 0 radical (unpaired) electrons. The van der Waals surface area contributed by atoms with Gasteiger partial charge in [-0.1, -0.05) is 13.8 Å². The molecule has 0 bridgehead atoms. The van der Waals surface area contributed by atoms with Crippen molar-refractivity contribution in [2.75, 3.05) is 13.1 Å². The molecule has 90 valence electrons. The lowest BCUT2D eigenvalue weighted by molar-refractivity contribution is 0.481. The van der Waals surface area contributed by atoms with Crippen LogP contribution in [0, 0.1) is 5.92 Å². The molecule has 1 rings (SSSR count). The minimum absolute atomic E-state index is 0.727. The Bertz CT molecular complexity index is 302. The first kappa shape index (κ1) is 13.7. The van der Waals surface area contributed by atoms with Gasteiger partial charge in [0.2, 0.25) is 0 Å². The number of halogens is 1. The van der Waals surface area contributed by atoms with E-state index < -0.39 is 0 Å². The second kappa shape index (κ2) is 7.80. The van der Waals surface area contributed by atoms with E-state index in [-0.39, 0.29) is 0 Å². The summed E-state index contributed by atoms with van der Waals surface area (Å²) in [4.78, 5) is 4.18. The summed E-state index contributed by atoms with van der Waals surface area (Å²) in [5, 5.41) is 3.46. The monoisotopic (exact) mass is 284 g/mol. The number of aromatic nitrogens is 1. The first-order valence-electron chi connectivity index (χ1n) is 6.02. The molecular weight excluding hydrogens is 264 g/mol. The van der Waals surface area contributed by atoms with Crippen molar-refractivity contribution in [2.45, 2.75) is 33.1 Å². The molecule has 1 aromatic heterocycles. The van der Waals surface area contributed by atoms with Crippen molar-refractivity contribution < 1.29 is 0 Å². The average Bonchev–Trinajstić information content (AvgIpc) is 2.27. The van der Waals surface area contributed by atoms with Crippen LogP contribution in [0.1, 0.15) is 32.3 Å². The van der Waals surface area contributed by atoms with Gasteiger partial charge in [-0.3, -0.25) is 4.98 Å². The molecule has 0 saturated carbocycles. The molecule has 0 aromatic carbocycles. The Morgan fingerprint density at radius 1 is 1.44 bits per heavy atom. The summed E-state index contributed by atoms with van der Waals surface area (Å²) in [6.07, 6.45) is 7.32. The lowest BCUT2D eigenvalue weighted by Gasteiger charge is -2.12. The normalized spacial score (nSPS) is 12.7. The van der Waals surface area contributed by atoms with Crippen LogP contribution in [0.25, 0.3) is 0 Å². The molecule has 0 fully saturated rings. The molecule has 0 amide bonds. The summed E-state index contributed by atoms with van der Waals surface area (Å²) in [6, 6.07) is 2.15. The predicted molar refractivity (Wildman–Crippen MR) is 72.6 cm³/mol. The molecule has 2 nitrogen and oxygen atoms in total. The molecule has 3 heteroatoms. The summed E-state index contributed by atoms with van der Waals surface area (Å²) in [5.41, 5.74) is 1.32. The Kier molecular flexibility index (Phi) is 6.65. The largest absolute Gasteiger partial charge is 0.316 e. The Morgan fingerprint density at radius 3 is 2.94 bits per heavy atom. The molecule has 1 N–H and O–H groups in total. The first-order chi connectivity index (χ1) is 7.72. The van der Waals surface area contributed by atoms with E-state index in [1.165, 1.54) is 18.4 Å². The molecule has 1 unspecified atom stereocenters. The van der Waals surface area contributed by atoms with Crippen molar-refractivity contribution in [1.82, 2.24) is 10.3 Å². The number of aryl methyl sites for hydroxylation is 1. The lowest BCUT2D eigenvalue weighted by Crippen LogP contribution is -2.22. The molecule has 1 aromatic rings. The number of rotatable bonds is 7. The zero-order chi connectivity index (χ0) is 11.8. The van der Waals surface area contributed by atoms with Gasteiger partial charge in [-0.25, -0.2) is 0 Å². The average molecular weight is 285 g/mol. The first-order valence-corrected chi connectivity index (χ1v) is 6.81. The van der Waals surface area contributed by atoms with Crippen molar-refractivity contribution in [3.8, 4) is 0 Å². The molecule has 0 saturated heterocycles. The van der Waals surface area contributed by atoms with Gasteiger partial charge in [-0.15, -0.1) is 0 Å². The Morgan fingerprint density at radius 2 is 2.25 bits per heavy atom. The van der Waals surface area contributed by atoms with Crippen LogP contribution in [0.15, 0.2) is 22.9 Å². The van der Waals surface area contributed by atoms with Gasteiger partial charge in [-0.2, -0.15) is 0 Å². The topological polar surface area (TPSA) is 24.9 Å². The number of pyridine rings is 1. The van der Waals surface area contributed by atoms with E-state index in [0.717, 1.165) is 29.9 Å². The van der Waals surface area contributed by atoms with Crippen LogP contribution in [0.4, 0.5) is 0 Å². The summed E-state index contributed by atoms with van der Waals surface area (Å²) >= 11 is 3.45. The summed E-state index contributed by atoms with van der Waals surface area (Å²) in [6.45, 7) is 6.75. The summed E-state index contributed by atoms with van der Waals surface area (Å²) in [5.74, 6) is 0.727. The molecule has 0 spiro atoms. The van der Waals surface area contributed by atoms with Crippen molar-refractivity contribution in [1.29, 1.82) is 0 Å². The van der Waals surface area contributed by atoms with Crippen molar-refractivity contribution in [2.24, 2.45) is 5.92 Å². The van der Waals surface area contributed by atoms with Gasteiger partial charge >= 0.3 is 0 Å². The molecule has 16 heavy (non-hydrogen) atoms. The van der Waals surface area contributed by atoms with Gasteiger partial charge in [-0.05, 0) is 65.8 Å². The van der Waals surface area contributed by atoms with Crippen LogP contribution in [-0.2, 0) is 6.42 Å².